The fourth-order valence-electron chi connectivity index (χ4n) is 6.24. The normalized spacial score (nSPS) is 20.0. The Kier molecular flexibility index (Phi) is 11.8. The van der Waals surface area contributed by atoms with Gasteiger partial charge in [0.25, 0.3) is 0 Å². The highest BCUT2D eigenvalue weighted by molar-refractivity contribution is 5.99. The van der Waals surface area contributed by atoms with E-state index in [2.05, 4.69) is 22.5 Å². The number of nitrogens with one attached hydrogen (secondary N) is 2. The van der Waals surface area contributed by atoms with Crippen molar-refractivity contribution in [1.82, 2.24) is 4.90 Å². The van der Waals surface area contributed by atoms with Crippen LogP contribution in [0.3, 0.4) is 0 Å². The van der Waals surface area contributed by atoms with Gasteiger partial charge >= 0.3 is 6.03 Å². The van der Waals surface area contributed by atoms with Gasteiger partial charge in [0.05, 0.1) is 24.9 Å². The standard InChI is InChI=1S/C42H45N3O6/c1-28-38(26-45(3)29(2)39(47)31-11-6-4-7-12-31)50-41(51-40(28)32-19-17-30(27-46)18-20-32)33-13-10-14-35(25-33)44-42(48)43-34-21-23-37(24-22-34)49-36-15-8-5-9-16-36/h4-25,28-29,38-41,46-47H,26-27H2,1-3H3,(H2,43,44,48)/t28-,29-,38+,39-,40+,41+/m1/s1. The van der Waals surface area contributed by atoms with Crippen LogP contribution in [0.5, 0.6) is 11.5 Å². The molecule has 1 fully saturated rings. The fraction of sp³-hybridized carbons (Fsp3) is 0.262. The number of aliphatic hydroxyl groups excluding tert-OH is 2. The molecule has 6 rings (SSSR count). The van der Waals surface area contributed by atoms with E-state index in [1.807, 2.05) is 123 Å². The lowest BCUT2D eigenvalue weighted by Crippen LogP contribution is -2.46. The van der Waals surface area contributed by atoms with Gasteiger partial charge in [-0.1, -0.05) is 91.9 Å². The number of nitrogens with zero attached hydrogens (tertiary/aromatic N) is 1. The second-order valence-corrected chi connectivity index (χ2v) is 13.0. The SMILES string of the molecule is C[C@@H]1[C@H](CN(C)[C@H](C)[C@@H](O)c2ccccc2)O[C@H](c2cccc(NC(=O)Nc3ccc(Oc4ccccc4)cc3)c2)O[C@@H]1c1ccc(CO)cc1. The Hall–Kier alpha value is -5.03. The monoisotopic (exact) mass is 687 g/mol. The number of amides is 2. The third-order valence-electron chi connectivity index (χ3n) is 9.39. The average molecular weight is 688 g/mol. The number of hydrogen-bond donors (Lipinski definition) is 4. The number of anilines is 2. The van der Waals surface area contributed by atoms with Crippen LogP contribution in [0, 0.1) is 5.92 Å². The predicted molar refractivity (Wildman–Crippen MR) is 199 cm³/mol. The van der Waals surface area contributed by atoms with Gasteiger partial charge in [-0.15, -0.1) is 0 Å². The van der Waals surface area contributed by atoms with Gasteiger partial charge in [0, 0.05) is 35.4 Å². The van der Waals surface area contributed by atoms with Gasteiger partial charge in [0.1, 0.15) is 11.5 Å². The third-order valence-corrected chi connectivity index (χ3v) is 9.39. The number of para-hydroxylation sites is 1. The average Bonchev–Trinajstić information content (AvgIpc) is 3.16. The smallest absolute Gasteiger partial charge is 0.323 e. The van der Waals surface area contributed by atoms with Crippen molar-refractivity contribution < 1.29 is 29.2 Å². The Labute approximate surface area is 299 Å². The first-order valence-corrected chi connectivity index (χ1v) is 17.2. The van der Waals surface area contributed by atoms with Gasteiger partial charge in [0.15, 0.2) is 6.29 Å². The molecular weight excluding hydrogens is 642 g/mol. The Morgan fingerprint density at radius 2 is 1.43 bits per heavy atom. The van der Waals surface area contributed by atoms with E-state index in [0.29, 0.717) is 23.7 Å². The molecule has 1 heterocycles. The lowest BCUT2D eigenvalue weighted by molar-refractivity contribution is -0.276. The van der Waals surface area contributed by atoms with Gasteiger partial charge in [-0.3, -0.25) is 4.90 Å². The molecule has 1 aliphatic rings. The van der Waals surface area contributed by atoms with E-state index in [1.54, 1.807) is 24.3 Å². The highest BCUT2D eigenvalue weighted by Gasteiger charge is 2.39. The van der Waals surface area contributed by atoms with Crippen molar-refractivity contribution in [2.75, 3.05) is 24.2 Å². The molecule has 1 saturated heterocycles. The largest absolute Gasteiger partial charge is 0.457 e. The summed E-state index contributed by atoms with van der Waals surface area (Å²) in [6.07, 6.45) is -1.95. The van der Waals surface area contributed by atoms with E-state index < -0.39 is 18.4 Å². The zero-order valence-corrected chi connectivity index (χ0v) is 29.1. The van der Waals surface area contributed by atoms with Crippen molar-refractivity contribution in [3.8, 4) is 11.5 Å². The lowest BCUT2D eigenvalue weighted by Gasteiger charge is -2.43. The topological polar surface area (TPSA) is 113 Å². The molecule has 1 aliphatic heterocycles. The van der Waals surface area contributed by atoms with Crippen LogP contribution >= 0.6 is 0 Å². The van der Waals surface area contributed by atoms with Crippen LogP contribution in [0.15, 0.2) is 133 Å². The maximum atomic E-state index is 13.0. The summed E-state index contributed by atoms with van der Waals surface area (Å²) in [5.74, 6) is 1.36. The molecule has 9 heteroatoms. The molecule has 2 amide bonds. The molecule has 5 aromatic rings. The molecular formula is C42H45N3O6. The molecule has 264 valence electrons. The number of hydrogen-bond acceptors (Lipinski definition) is 7. The molecule has 0 spiro atoms. The number of urea groups is 1. The Balaban J connectivity index is 1.15. The molecule has 5 aromatic carbocycles. The Morgan fingerprint density at radius 1 is 0.784 bits per heavy atom. The molecule has 0 saturated carbocycles. The number of carbonyl (C=O) groups is 1. The van der Waals surface area contributed by atoms with Crippen molar-refractivity contribution in [2.45, 2.75) is 51.1 Å². The lowest BCUT2D eigenvalue weighted by atomic mass is 9.89. The molecule has 0 radical (unpaired) electrons. The van der Waals surface area contributed by atoms with Crippen LogP contribution in [0.2, 0.25) is 0 Å². The van der Waals surface area contributed by atoms with Gasteiger partial charge < -0.3 is 35.1 Å². The zero-order valence-electron chi connectivity index (χ0n) is 29.1. The van der Waals surface area contributed by atoms with Crippen molar-refractivity contribution in [1.29, 1.82) is 0 Å². The minimum atomic E-state index is -0.724. The number of rotatable bonds is 12. The predicted octanol–water partition coefficient (Wildman–Crippen LogP) is 8.46. The van der Waals surface area contributed by atoms with Crippen molar-refractivity contribution in [3.63, 3.8) is 0 Å². The summed E-state index contributed by atoms with van der Waals surface area (Å²) in [4.78, 5) is 15.1. The third kappa shape index (κ3) is 9.21. The van der Waals surface area contributed by atoms with Gasteiger partial charge in [0.2, 0.25) is 0 Å². The van der Waals surface area contributed by atoms with E-state index >= 15 is 0 Å². The number of benzene rings is 5. The van der Waals surface area contributed by atoms with Crippen LogP contribution in [-0.2, 0) is 16.1 Å². The van der Waals surface area contributed by atoms with E-state index in [-0.39, 0.29) is 30.8 Å². The summed E-state index contributed by atoms with van der Waals surface area (Å²) >= 11 is 0. The van der Waals surface area contributed by atoms with E-state index in [1.165, 1.54) is 0 Å². The number of ether oxygens (including phenoxy) is 3. The van der Waals surface area contributed by atoms with Crippen LogP contribution in [0.25, 0.3) is 0 Å². The summed E-state index contributed by atoms with van der Waals surface area (Å²) in [6, 6.07) is 41.0. The second-order valence-electron chi connectivity index (χ2n) is 13.0. The van der Waals surface area contributed by atoms with Crippen LogP contribution in [0.1, 0.15) is 54.6 Å². The molecule has 9 nitrogen and oxygen atoms in total. The minimum Gasteiger partial charge on any atom is -0.457 e. The Morgan fingerprint density at radius 3 is 2.12 bits per heavy atom. The number of likely N-dealkylation sites (N-methyl/N-ethyl adjacent to an activating group) is 1. The number of carbonyl (C=O) groups excluding carboxylic acids is 1. The number of aliphatic hydroxyl groups is 2. The summed E-state index contributed by atoms with van der Waals surface area (Å²) in [7, 11) is 2.00. The highest BCUT2D eigenvalue weighted by Crippen LogP contribution is 2.42. The van der Waals surface area contributed by atoms with Crippen LogP contribution in [-0.4, -0.2) is 46.9 Å². The van der Waals surface area contributed by atoms with Crippen LogP contribution in [0.4, 0.5) is 16.2 Å². The summed E-state index contributed by atoms with van der Waals surface area (Å²) in [5.41, 5.74) is 4.61. The van der Waals surface area contributed by atoms with Gasteiger partial charge in [-0.05, 0) is 79.2 Å². The summed E-state index contributed by atoms with van der Waals surface area (Å²) in [5, 5.41) is 26.6. The van der Waals surface area contributed by atoms with Crippen molar-refractivity contribution >= 4 is 17.4 Å². The van der Waals surface area contributed by atoms with Crippen molar-refractivity contribution in [3.05, 3.63) is 156 Å². The molecule has 51 heavy (non-hydrogen) atoms. The summed E-state index contributed by atoms with van der Waals surface area (Å²) < 4.78 is 19.2. The molecule has 0 unspecified atom stereocenters. The fourth-order valence-corrected chi connectivity index (χ4v) is 6.24. The molecule has 0 bridgehead atoms. The second kappa shape index (κ2) is 16.8. The molecule has 6 atom stereocenters. The molecule has 0 aliphatic carbocycles. The first-order chi connectivity index (χ1) is 24.8. The highest BCUT2D eigenvalue weighted by atomic mass is 16.7. The first kappa shape index (κ1) is 35.8. The maximum absolute atomic E-state index is 13.0. The van der Waals surface area contributed by atoms with Crippen molar-refractivity contribution in [2.24, 2.45) is 5.92 Å². The summed E-state index contributed by atoms with van der Waals surface area (Å²) in [6.45, 7) is 4.63. The van der Waals surface area contributed by atoms with Gasteiger partial charge in [-0.2, -0.15) is 0 Å². The Bertz CT molecular complexity index is 1840. The van der Waals surface area contributed by atoms with E-state index in [4.69, 9.17) is 14.2 Å². The maximum Gasteiger partial charge on any atom is 0.323 e. The quantitative estimate of drug-likeness (QED) is 0.104. The van der Waals surface area contributed by atoms with E-state index in [9.17, 15) is 15.0 Å². The van der Waals surface area contributed by atoms with Gasteiger partial charge in [-0.25, -0.2) is 4.79 Å². The van der Waals surface area contributed by atoms with E-state index in [0.717, 1.165) is 28.0 Å². The minimum absolute atomic E-state index is 0.0382. The van der Waals surface area contributed by atoms with Crippen LogP contribution < -0.4 is 15.4 Å². The zero-order chi connectivity index (χ0) is 35.7. The molecule has 0 aromatic heterocycles. The first-order valence-electron chi connectivity index (χ1n) is 17.2. The molecule has 4 N–H and O–H groups in total.